The molecule has 2 rings (SSSR count). The second kappa shape index (κ2) is 23.3. The summed E-state index contributed by atoms with van der Waals surface area (Å²) in [7, 11) is -3.75. The largest absolute Gasteiger partial charge is 0.616 e. The number of amides is 1. The molecule has 14 nitrogen and oxygen atoms in total. The molecular formula is C32H51NO13S2. The standard InChI is InChI=1S/C32H51NO13S2/c1-32(2,3)46-29(34)8-10-40-11-9-33-31(36)27-6-4-26(5-7-27)30(35)28-24-47(37)22-20-44-18-16-42-14-12-41-13-15-43-17-19-45-21-23-48(38,39)25-28/h4-7,28H,8-25H2,1-3H3,(H,33,36). The molecule has 1 heterocycles. The summed E-state index contributed by atoms with van der Waals surface area (Å²) in [5.74, 6) is -3.17. The highest BCUT2D eigenvalue weighted by molar-refractivity contribution is 7.92. The molecule has 0 aliphatic carbocycles. The summed E-state index contributed by atoms with van der Waals surface area (Å²) in [5.41, 5.74) is -0.0884. The first-order chi connectivity index (χ1) is 22.9. The monoisotopic (exact) mass is 721 g/mol. The Morgan fingerprint density at radius 2 is 1.35 bits per heavy atom. The molecule has 1 fully saturated rings. The lowest BCUT2D eigenvalue weighted by Crippen LogP contribution is -2.34. The Morgan fingerprint density at radius 1 is 0.833 bits per heavy atom. The van der Waals surface area contributed by atoms with Gasteiger partial charge in [0.25, 0.3) is 5.91 Å². The maximum Gasteiger partial charge on any atom is 0.308 e. The van der Waals surface area contributed by atoms with E-state index in [1.807, 2.05) is 0 Å². The molecule has 0 spiro atoms. The molecule has 1 amide bonds. The van der Waals surface area contributed by atoms with Crippen molar-refractivity contribution in [3.8, 4) is 0 Å². The van der Waals surface area contributed by atoms with Gasteiger partial charge in [0, 0.05) is 17.7 Å². The fourth-order valence-electron chi connectivity index (χ4n) is 4.23. The van der Waals surface area contributed by atoms with Gasteiger partial charge in [0.2, 0.25) is 0 Å². The number of Topliss-reactive ketones (excluding diaryl/α,β-unsaturated/α-hetero) is 1. The Kier molecular flexibility index (Phi) is 20.4. The highest BCUT2D eigenvalue weighted by Crippen LogP contribution is 2.17. The molecule has 0 aromatic heterocycles. The second-order valence-corrected chi connectivity index (χ2v) is 15.7. The lowest BCUT2D eigenvalue weighted by atomic mass is 9.99. The lowest BCUT2D eigenvalue weighted by Gasteiger charge is -2.19. The van der Waals surface area contributed by atoms with Crippen LogP contribution in [0.3, 0.4) is 0 Å². The van der Waals surface area contributed by atoms with Crippen LogP contribution in [-0.2, 0) is 59.0 Å². The number of carbonyl (C=O) groups is 3. The van der Waals surface area contributed by atoms with E-state index in [-0.39, 0.29) is 93.6 Å². The van der Waals surface area contributed by atoms with Gasteiger partial charge >= 0.3 is 5.97 Å². The van der Waals surface area contributed by atoms with Gasteiger partial charge in [-0.15, -0.1) is 0 Å². The van der Waals surface area contributed by atoms with Crippen molar-refractivity contribution in [1.82, 2.24) is 5.32 Å². The van der Waals surface area contributed by atoms with E-state index in [9.17, 15) is 27.4 Å². The van der Waals surface area contributed by atoms with Gasteiger partial charge in [-0.3, -0.25) is 14.4 Å². The zero-order valence-electron chi connectivity index (χ0n) is 28.2. The van der Waals surface area contributed by atoms with Crippen molar-refractivity contribution in [3.63, 3.8) is 0 Å². The Balaban J connectivity index is 1.94. The molecular weight excluding hydrogens is 670 g/mol. The second-order valence-electron chi connectivity index (χ2n) is 11.8. The van der Waals surface area contributed by atoms with Gasteiger partial charge in [0.1, 0.15) is 17.1 Å². The molecule has 1 saturated heterocycles. The summed E-state index contributed by atoms with van der Waals surface area (Å²) >= 11 is -1.54. The van der Waals surface area contributed by atoms with Crippen LogP contribution in [0, 0.1) is 5.92 Å². The van der Waals surface area contributed by atoms with E-state index in [0.717, 1.165) is 0 Å². The highest BCUT2D eigenvalue weighted by Gasteiger charge is 2.31. The van der Waals surface area contributed by atoms with Gasteiger partial charge in [-0.05, 0) is 32.9 Å². The molecule has 1 aliphatic rings. The Hall–Kier alpha value is -2.15. The molecule has 1 aromatic rings. The molecule has 274 valence electrons. The average molecular weight is 722 g/mol. The van der Waals surface area contributed by atoms with Crippen LogP contribution in [0.4, 0.5) is 0 Å². The minimum atomic E-state index is -3.75. The molecule has 2 atom stereocenters. The Bertz CT molecular complexity index is 1190. The summed E-state index contributed by atoms with van der Waals surface area (Å²) in [6.07, 6.45) is 0.0967. The summed E-state index contributed by atoms with van der Waals surface area (Å²) in [6.45, 7) is 8.62. The van der Waals surface area contributed by atoms with E-state index in [0.29, 0.717) is 33.0 Å². The summed E-state index contributed by atoms with van der Waals surface area (Å²) in [4.78, 5) is 37.8. The number of rotatable bonds is 9. The third-order valence-corrected chi connectivity index (χ3v) is 9.62. The van der Waals surface area contributed by atoms with Crippen molar-refractivity contribution >= 4 is 38.7 Å². The molecule has 0 bridgehead atoms. The minimum Gasteiger partial charge on any atom is -0.616 e. The van der Waals surface area contributed by atoms with Gasteiger partial charge in [-0.1, -0.05) is 23.3 Å². The van der Waals surface area contributed by atoms with Gasteiger partial charge in [0.15, 0.2) is 15.6 Å². The van der Waals surface area contributed by atoms with Gasteiger partial charge in [-0.25, -0.2) is 8.42 Å². The number of sulfone groups is 1. The topological polar surface area (TPSA) is 185 Å². The molecule has 1 aliphatic heterocycles. The third-order valence-electron chi connectivity index (χ3n) is 6.53. The zero-order chi connectivity index (χ0) is 35.3. The number of benzene rings is 1. The average Bonchev–Trinajstić information content (AvgIpc) is 3.02. The van der Waals surface area contributed by atoms with E-state index in [1.54, 1.807) is 20.8 Å². The summed E-state index contributed by atoms with van der Waals surface area (Å²) < 4.78 is 76.5. The first-order valence-electron chi connectivity index (χ1n) is 16.0. The summed E-state index contributed by atoms with van der Waals surface area (Å²) in [5, 5.41) is 2.70. The van der Waals surface area contributed by atoms with Crippen LogP contribution in [0.5, 0.6) is 0 Å². The van der Waals surface area contributed by atoms with Gasteiger partial charge < -0.3 is 43.0 Å². The van der Waals surface area contributed by atoms with Crippen LogP contribution >= 0.6 is 0 Å². The Labute approximate surface area is 286 Å². The van der Waals surface area contributed by atoms with Crippen molar-refractivity contribution < 1.29 is 60.5 Å². The first kappa shape index (κ1) is 42.0. The number of hydrogen-bond acceptors (Lipinski definition) is 13. The quantitative estimate of drug-likeness (QED) is 0.166. The van der Waals surface area contributed by atoms with E-state index in [2.05, 4.69) is 5.32 Å². The Morgan fingerprint density at radius 3 is 1.92 bits per heavy atom. The van der Waals surface area contributed by atoms with Crippen molar-refractivity contribution in [3.05, 3.63) is 35.4 Å². The molecule has 1 N–H and O–H groups in total. The maximum atomic E-state index is 13.5. The summed E-state index contributed by atoms with van der Waals surface area (Å²) in [6, 6.07) is 5.82. The van der Waals surface area contributed by atoms with E-state index < -0.39 is 50.0 Å². The van der Waals surface area contributed by atoms with Gasteiger partial charge in [0.05, 0.1) is 103 Å². The molecule has 2 unspecified atom stereocenters. The number of hydrogen-bond donors (Lipinski definition) is 1. The maximum absolute atomic E-state index is 13.5. The van der Waals surface area contributed by atoms with Crippen LogP contribution < -0.4 is 5.32 Å². The van der Waals surface area contributed by atoms with E-state index >= 15 is 0 Å². The van der Waals surface area contributed by atoms with Crippen molar-refractivity contribution in [2.75, 3.05) is 109 Å². The SMILES string of the molecule is CC(C)(C)OC(=O)CCOCCNC(=O)c1ccc(C(=O)C2C[S+]([O-])CCOCCOCCOCCOCCOCCS(=O)(=O)C2)cc1. The fraction of sp³-hybridized carbons (Fsp3) is 0.719. The van der Waals surface area contributed by atoms with E-state index in [4.69, 9.17) is 33.2 Å². The van der Waals surface area contributed by atoms with Gasteiger partial charge in [-0.2, -0.15) is 0 Å². The normalized spacial score (nSPS) is 21.6. The molecule has 0 saturated carbocycles. The van der Waals surface area contributed by atoms with Crippen LogP contribution in [0.25, 0.3) is 0 Å². The number of ether oxygens (including phenoxy) is 7. The van der Waals surface area contributed by atoms with Crippen LogP contribution in [0.1, 0.15) is 47.9 Å². The van der Waals surface area contributed by atoms with Crippen LogP contribution in [0.2, 0.25) is 0 Å². The predicted octanol–water partition coefficient (Wildman–Crippen LogP) is 1.22. The van der Waals surface area contributed by atoms with E-state index in [1.165, 1.54) is 24.3 Å². The molecule has 16 heteroatoms. The highest BCUT2D eigenvalue weighted by atomic mass is 32.2. The van der Waals surface area contributed by atoms with Crippen molar-refractivity contribution in [2.24, 2.45) is 5.92 Å². The third kappa shape index (κ3) is 19.7. The number of esters is 1. The molecule has 48 heavy (non-hydrogen) atoms. The first-order valence-corrected chi connectivity index (χ1v) is 19.3. The lowest BCUT2D eigenvalue weighted by molar-refractivity contribution is -0.156. The fourth-order valence-corrected chi connectivity index (χ4v) is 6.99. The van der Waals surface area contributed by atoms with Crippen LogP contribution in [0.15, 0.2) is 24.3 Å². The molecule has 0 radical (unpaired) electrons. The molecule has 1 aromatic carbocycles. The predicted molar refractivity (Wildman–Crippen MR) is 179 cm³/mol. The number of carbonyl (C=O) groups excluding carboxylic acids is 3. The zero-order valence-corrected chi connectivity index (χ0v) is 29.9. The smallest absolute Gasteiger partial charge is 0.308 e. The number of nitrogens with one attached hydrogen (secondary N) is 1. The van der Waals surface area contributed by atoms with Crippen molar-refractivity contribution in [1.29, 1.82) is 0 Å². The minimum absolute atomic E-state index is 0.0735. The van der Waals surface area contributed by atoms with Crippen LogP contribution in [-0.4, -0.2) is 145 Å². The van der Waals surface area contributed by atoms with Crippen molar-refractivity contribution in [2.45, 2.75) is 32.8 Å². The number of ketones is 1.